The zero-order valence-electron chi connectivity index (χ0n) is 11.0. The van der Waals surface area contributed by atoms with Gasteiger partial charge in [-0.3, -0.25) is 4.79 Å². The van der Waals surface area contributed by atoms with Gasteiger partial charge in [-0.2, -0.15) is 0 Å². The van der Waals surface area contributed by atoms with Gasteiger partial charge in [-0.05, 0) is 23.8 Å². The van der Waals surface area contributed by atoms with Crippen molar-refractivity contribution in [3.63, 3.8) is 0 Å². The summed E-state index contributed by atoms with van der Waals surface area (Å²) in [4.78, 5) is 12.3. The van der Waals surface area contributed by atoms with Crippen molar-refractivity contribution < 1.29 is 9.18 Å². The number of nitrogens with two attached hydrogens (primary N) is 1. The Morgan fingerprint density at radius 1 is 1.20 bits per heavy atom. The van der Waals surface area contributed by atoms with Gasteiger partial charge in [0.1, 0.15) is 5.82 Å². The predicted octanol–water partition coefficient (Wildman–Crippen LogP) is 4.00. The lowest BCUT2D eigenvalue weighted by Gasteiger charge is -2.19. The second-order valence-electron chi connectivity index (χ2n) is 4.71. The van der Waals surface area contributed by atoms with Crippen LogP contribution in [0.25, 0.3) is 0 Å². The van der Waals surface area contributed by atoms with Gasteiger partial charge in [0.25, 0.3) is 0 Å². The van der Waals surface area contributed by atoms with E-state index in [1.165, 1.54) is 12.1 Å². The molecule has 0 amide bonds. The third-order valence-corrected chi connectivity index (χ3v) is 3.57. The maximum absolute atomic E-state index is 13.8. The summed E-state index contributed by atoms with van der Waals surface area (Å²) in [5.74, 6) is -1.46. The first-order valence-electron chi connectivity index (χ1n) is 6.30. The molecule has 2 atom stereocenters. The first-order chi connectivity index (χ1) is 9.50. The van der Waals surface area contributed by atoms with Gasteiger partial charge in [0, 0.05) is 17.0 Å². The van der Waals surface area contributed by atoms with Gasteiger partial charge in [-0.1, -0.05) is 48.9 Å². The quantitative estimate of drug-likeness (QED) is 0.865. The average Bonchev–Trinajstić information content (AvgIpc) is 2.46. The molecule has 2 aromatic rings. The van der Waals surface area contributed by atoms with Crippen molar-refractivity contribution in [1.82, 2.24) is 0 Å². The highest BCUT2D eigenvalue weighted by Crippen LogP contribution is 2.25. The summed E-state index contributed by atoms with van der Waals surface area (Å²) in [5.41, 5.74) is 6.96. The molecule has 0 aromatic heterocycles. The molecule has 0 bridgehead atoms. The van der Waals surface area contributed by atoms with E-state index in [-0.39, 0.29) is 16.4 Å². The minimum Gasteiger partial charge on any atom is -0.323 e. The minimum atomic E-state index is -0.616. The maximum Gasteiger partial charge on any atom is 0.170 e. The van der Waals surface area contributed by atoms with Crippen molar-refractivity contribution in [2.24, 2.45) is 11.7 Å². The largest absolute Gasteiger partial charge is 0.323 e. The number of hydrogen-bond donors (Lipinski definition) is 1. The Morgan fingerprint density at radius 3 is 2.45 bits per heavy atom. The lowest BCUT2D eigenvalue weighted by atomic mass is 9.88. The Balaban J connectivity index is 2.24. The molecule has 0 aliphatic rings. The smallest absolute Gasteiger partial charge is 0.170 e. The van der Waals surface area contributed by atoms with Crippen LogP contribution in [-0.4, -0.2) is 5.78 Å². The molecule has 0 saturated heterocycles. The summed E-state index contributed by atoms with van der Waals surface area (Å²) in [6, 6.07) is 12.9. The van der Waals surface area contributed by atoms with Crippen LogP contribution in [0.15, 0.2) is 48.5 Å². The molecular formula is C16H15ClFNO. The molecule has 2 rings (SSSR count). The third-order valence-electron chi connectivity index (χ3n) is 3.33. The van der Waals surface area contributed by atoms with E-state index in [4.69, 9.17) is 17.3 Å². The van der Waals surface area contributed by atoms with Crippen LogP contribution in [0.3, 0.4) is 0 Å². The van der Waals surface area contributed by atoms with E-state index < -0.39 is 17.8 Å². The summed E-state index contributed by atoms with van der Waals surface area (Å²) in [6.07, 6.45) is 0. The SMILES string of the molecule is CC(C(=O)c1ccc(Cl)cc1F)C(N)c1ccccc1. The average molecular weight is 292 g/mol. The number of hydrogen-bond acceptors (Lipinski definition) is 2. The number of halogens is 2. The molecule has 4 heteroatoms. The zero-order valence-corrected chi connectivity index (χ0v) is 11.8. The highest BCUT2D eigenvalue weighted by atomic mass is 35.5. The lowest BCUT2D eigenvalue weighted by molar-refractivity contribution is 0.0908. The first kappa shape index (κ1) is 14.7. The summed E-state index contributed by atoms with van der Waals surface area (Å²) in [5, 5.41) is 0.263. The lowest BCUT2D eigenvalue weighted by Crippen LogP contribution is -2.26. The molecule has 0 heterocycles. The first-order valence-corrected chi connectivity index (χ1v) is 6.68. The molecule has 0 aliphatic heterocycles. The molecule has 2 N–H and O–H groups in total. The number of ketones is 1. The molecule has 2 unspecified atom stereocenters. The van der Waals surface area contributed by atoms with Crippen LogP contribution in [0.1, 0.15) is 28.9 Å². The van der Waals surface area contributed by atoms with E-state index in [1.54, 1.807) is 6.92 Å². The van der Waals surface area contributed by atoms with Crippen molar-refractivity contribution >= 4 is 17.4 Å². The Morgan fingerprint density at radius 2 is 1.85 bits per heavy atom. The second kappa shape index (κ2) is 6.16. The van der Waals surface area contributed by atoms with Gasteiger partial charge >= 0.3 is 0 Å². The van der Waals surface area contributed by atoms with E-state index in [1.807, 2.05) is 30.3 Å². The fourth-order valence-electron chi connectivity index (χ4n) is 2.06. The topological polar surface area (TPSA) is 43.1 Å². The Kier molecular flexibility index (Phi) is 4.53. The number of rotatable bonds is 4. The van der Waals surface area contributed by atoms with Crippen LogP contribution in [0.4, 0.5) is 4.39 Å². The van der Waals surface area contributed by atoms with Crippen LogP contribution in [0.5, 0.6) is 0 Å². The van der Waals surface area contributed by atoms with E-state index in [0.29, 0.717) is 0 Å². The van der Waals surface area contributed by atoms with Crippen LogP contribution in [-0.2, 0) is 0 Å². The van der Waals surface area contributed by atoms with Crippen molar-refractivity contribution in [1.29, 1.82) is 0 Å². The highest BCUT2D eigenvalue weighted by Gasteiger charge is 2.25. The van der Waals surface area contributed by atoms with Gasteiger partial charge in [0.2, 0.25) is 0 Å². The second-order valence-corrected chi connectivity index (χ2v) is 5.15. The van der Waals surface area contributed by atoms with Crippen molar-refractivity contribution in [2.45, 2.75) is 13.0 Å². The van der Waals surface area contributed by atoms with Crippen LogP contribution >= 0.6 is 11.6 Å². The van der Waals surface area contributed by atoms with Crippen molar-refractivity contribution in [3.05, 3.63) is 70.5 Å². The summed E-state index contributed by atoms with van der Waals surface area (Å²) >= 11 is 5.68. The Bertz CT molecular complexity index is 615. The molecule has 0 fully saturated rings. The van der Waals surface area contributed by atoms with Gasteiger partial charge in [-0.25, -0.2) is 4.39 Å². The standard InChI is InChI=1S/C16H15ClFNO/c1-10(15(19)11-5-3-2-4-6-11)16(20)13-8-7-12(17)9-14(13)18/h2-10,15H,19H2,1H3. The van der Waals surface area contributed by atoms with Crippen molar-refractivity contribution in [2.75, 3.05) is 0 Å². The van der Waals surface area contributed by atoms with Gasteiger partial charge in [0.15, 0.2) is 5.78 Å². The third kappa shape index (κ3) is 3.06. The highest BCUT2D eigenvalue weighted by molar-refractivity contribution is 6.30. The molecule has 0 radical (unpaired) electrons. The molecule has 104 valence electrons. The molecule has 0 spiro atoms. The number of Topliss-reactive ketones (excluding diaryl/α,β-unsaturated/α-hetero) is 1. The van der Waals surface area contributed by atoms with E-state index in [0.717, 1.165) is 11.6 Å². The molecule has 2 nitrogen and oxygen atoms in total. The van der Waals surface area contributed by atoms with E-state index >= 15 is 0 Å². The molecular weight excluding hydrogens is 277 g/mol. The van der Waals surface area contributed by atoms with Gasteiger partial charge < -0.3 is 5.73 Å². The van der Waals surface area contributed by atoms with Gasteiger partial charge in [-0.15, -0.1) is 0 Å². The summed E-state index contributed by atoms with van der Waals surface area (Å²) < 4.78 is 13.8. The summed E-state index contributed by atoms with van der Waals surface area (Å²) in [6.45, 7) is 1.70. The fraction of sp³-hybridized carbons (Fsp3) is 0.188. The summed E-state index contributed by atoms with van der Waals surface area (Å²) in [7, 11) is 0. The number of benzene rings is 2. The minimum absolute atomic E-state index is 0.0216. The van der Waals surface area contributed by atoms with Gasteiger partial charge in [0.05, 0.1) is 5.56 Å². The molecule has 20 heavy (non-hydrogen) atoms. The van der Waals surface area contributed by atoms with Crippen LogP contribution in [0.2, 0.25) is 5.02 Å². The number of carbonyl (C=O) groups is 1. The van der Waals surface area contributed by atoms with E-state index in [2.05, 4.69) is 0 Å². The predicted molar refractivity (Wildman–Crippen MR) is 78.3 cm³/mol. The zero-order chi connectivity index (χ0) is 14.7. The normalized spacial score (nSPS) is 13.8. The fourth-order valence-corrected chi connectivity index (χ4v) is 2.22. The monoisotopic (exact) mass is 291 g/mol. The van der Waals surface area contributed by atoms with Crippen LogP contribution < -0.4 is 5.73 Å². The van der Waals surface area contributed by atoms with E-state index in [9.17, 15) is 9.18 Å². The molecule has 0 saturated carbocycles. The Hall–Kier alpha value is -1.71. The Labute approximate surface area is 122 Å². The van der Waals surface area contributed by atoms with Crippen molar-refractivity contribution in [3.8, 4) is 0 Å². The maximum atomic E-state index is 13.8. The number of carbonyl (C=O) groups excluding carboxylic acids is 1. The van der Waals surface area contributed by atoms with Crippen LogP contribution in [0, 0.1) is 11.7 Å². The molecule has 0 aliphatic carbocycles. The molecule has 2 aromatic carbocycles.